The molecule has 2 unspecified atom stereocenters. The van der Waals surface area contributed by atoms with Crippen molar-refractivity contribution in [2.45, 2.75) is 65.6 Å². The van der Waals surface area contributed by atoms with E-state index in [1.165, 1.54) is 6.42 Å². The molecule has 0 aliphatic carbocycles. The van der Waals surface area contributed by atoms with E-state index in [-0.39, 0.29) is 18.1 Å². The van der Waals surface area contributed by atoms with E-state index in [0.29, 0.717) is 24.8 Å². The fourth-order valence-electron chi connectivity index (χ4n) is 5.09. The predicted molar refractivity (Wildman–Crippen MR) is 157 cm³/mol. The van der Waals surface area contributed by atoms with Crippen molar-refractivity contribution >= 4 is 16.7 Å². The Morgan fingerprint density at radius 3 is 2.39 bits per heavy atom. The zero-order valence-corrected chi connectivity index (χ0v) is 23.4. The van der Waals surface area contributed by atoms with Crippen molar-refractivity contribution < 1.29 is 14.6 Å². The maximum Gasteiger partial charge on any atom is 0.251 e. The highest BCUT2D eigenvalue weighted by molar-refractivity contribution is 5.98. The summed E-state index contributed by atoms with van der Waals surface area (Å²) in [5.74, 6) is 0.991. The minimum atomic E-state index is -0.0786. The number of carbonyl (C=O) groups excluding carboxylic acids is 1. The fraction of sp³-hybridized carbons (Fsp3) is 0.469. The zero-order valence-electron chi connectivity index (χ0n) is 23.4. The largest absolute Gasteiger partial charge is 0.507 e. The van der Waals surface area contributed by atoms with Crippen LogP contribution in [0.4, 0.5) is 0 Å². The summed E-state index contributed by atoms with van der Waals surface area (Å²) in [7, 11) is 0. The monoisotopic (exact) mass is 519 g/mol. The number of nitrogens with two attached hydrogens (primary N) is 1. The van der Waals surface area contributed by atoms with Gasteiger partial charge in [-0.2, -0.15) is 0 Å². The molecule has 2 atom stereocenters. The normalized spacial score (nSPS) is 18.9. The summed E-state index contributed by atoms with van der Waals surface area (Å²) in [6.45, 7) is 11.4. The first-order chi connectivity index (χ1) is 18.4. The first-order valence-corrected chi connectivity index (χ1v) is 14.1. The zero-order chi connectivity index (χ0) is 27.5. The average Bonchev–Trinajstić information content (AvgIpc) is 2.95. The smallest absolute Gasteiger partial charge is 0.251 e. The highest BCUT2D eigenvalue weighted by atomic mass is 16.5. The third-order valence-electron chi connectivity index (χ3n) is 7.08. The first kappa shape index (κ1) is 29.6. The molecule has 5 N–H and O–H groups in total. The molecule has 0 saturated carbocycles. The highest BCUT2D eigenvalue weighted by Gasteiger charge is 2.34. The number of rotatable bonds is 4. The van der Waals surface area contributed by atoms with Gasteiger partial charge in [-0.25, -0.2) is 0 Å². The number of fused-ring (bicyclic) bond motifs is 2. The standard InChI is InChI=1S/C16H24N2O2.C13H13NO.C3H8/c1-10-2-3-12-13(16(10)19)8-14(20-15(12)9-17)11-4-6-18-7-5-11;1-2-14-13(15)12-8-7-10-5-3-4-6-11(10)9-12;1-3-2/h2-3,11,14-15,18-19H,4-9,17H2,1H3;3-9H,2H2,1H3,(H,14,15);3H2,1-2H3. The van der Waals surface area contributed by atoms with Crippen LogP contribution in [0.25, 0.3) is 10.8 Å². The molecule has 3 aromatic carbocycles. The van der Waals surface area contributed by atoms with Gasteiger partial charge in [0.1, 0.15) is 5.75 Å². The Morgan fingerprint density at radius 1 is 1.05 bits per heavy atom. The predicted octanol–water partition coefficient (Wildman–Crippen LogP) is 5.65. The minimum Gasteiger partial charge on any atom is -0.507 e. The van der Waals surface area contributed by atoms with Crippen molar-refractivity contribution in [3.63, 3.8) is 0 Å². The average molecular weight is 520 g/mol. The molecule has 38 heavy (non-hydrogen) atoms. The first-order valence-electron chi connectivity index (χ1n) is 14.1. The van der Waals surface area contributed by atoms with E-state index >= 15 is 0 Å². The number of ether oxygens (including phenoxy) is 1. The van der Waals surface area contributed by atoms with Gasteiger partial charge >= 0.3 is 0 Å². The topological polar surface area (TPSA) is 96.6 Å². The van der Waals surface area contributed by atoms with Gasteiger partial charge in [-0.05, 0) is 79.7 Å². The Hall–Kier alpha value is -2.93. The molecule has 2 heterocycles. The molecule has 206 valence electrons. The number of amides is 1. The van der Waals surface area contributed by atoms with Gasteiger partial charge < -0.3 is 26.2 Å². The number of piperidine rings is 1. The van der Waals surface area contributed by atoms with Crippen molar-refractivity contribution in [3.8, 4) is 5.75 Å². The molecule has 3 aromatic rings. The molecule has 1 saturated heterocycles. The van der Waals surface area contributed by atoms with Crippen LogP contribution < -0.4 is 16.4 Å². The SMILES string of the molecule is CCC.CCNC(=O)c1ccc2ccccc2c1.Cc1ccc2c(c1O)CC(C1CCNCC1)OC2CN. The number of phenols is 1. The Bertz CT molecular complexity index is 1170. The van der Waals surface area contributed by atoms with Crippen LogP contribution in [0.5, 0.6) is 5.75 Å². The van der Waals surface area contributed by atoms with Crippen molar-refractivity contribution in [3.05, 3.63) is 76.9 Å². The van der Waals surface area contributed by atoms with Gasteiger partial charge in [-0.15, -0.1) is 0 Å². The second-order valence-electron chi connectivity index (χ2n) is 10.1. The number of aryl methyl sites for hydroxylation is 1. The molecule has 2 aliphatic heterocycles. The number of hydrogen-bond donors (Lipinski definition) is 4. The summed E-state index contributed by atoms with van der Waals surface area (Å²) in [6, 6.07) is 17.8. The summed E-state index contributed by atoms with van der Waals surface area (Å²) in [5, 5.41) is 18.8. The Kier molecular flexibility index (Phi) is 11.6. The lowest BCUT2D eigenvalue weighted by atomic mass is 9.83. The van der Waals surface area contributed by atoms with Crippen LogP contribution >= 0.6 is 0 Å². The maximum atomic E-state index is 11.6. The fourth-order valence-corrected chi connectivity index (χ4v) is 5.09. The molecule has 5 rings (SSSR count). The van der Waals surface area contributed by atoms with Gasteiger partial charge in [0.15, 0.2) is 0 Å². The van der Waals surface area contributed by atoms with Gasteiger partial charge in [-0.3, -0.25) is 4.79 Å². The van der Waals surface area contributed by atoms with Gasteiger partial charge in [0.25, 0.3) is 5.91 Å². The van der Waals surface area contributed by atoms with Crippen molar-refractivity contribution in [1.82, 2.24) is 10.6 Å². The third kappa shape index (κ3) is 7.56. The van der Waals surface area contributed by atoms with E-state index in [9.17, 15) is 9.90 Å². The van der Waals surface area contributed by atoms with Crippen LogP contribution in [-0.4, -0.2) is 43.3 Å². The summed E-state index contributed by atoms with van der Waals surface area (Å²) < 4.78 is 6.23. The van der Waals surface area contributed by atoms with Gasteiger partial charge in [0.2, 0.25) is 0 Å². The second-order valence-corrected chi connectivity index (χ2v) is 10.1. The maximum absolute atomic E-state index is 11.6. The van der Waals surface area contributed by atoms with Crippen molar-refractivity contribution in [1.29, 1.82) is 0 Å². The molecule has 1 amide bonds. The summed E-state index contributed by atoms with van der Waals surface area (Å²) in [6.07, 6.45) is 4.45. The molecule has 0 bridgehead atoms. The van der Waals surface area contributed by atoms with E-state index in [4.69, 9.17) is 10.5 Å². The molecule has 0 aromatic heterocycles. The van der Waals surface area contributed by atoms with Crippen molar-refractivity contribution in [2.75, 3.05) is 26.2 Å². The number of hydrogen-bond acceptors (Lipinski definition) is 5. The highest BCUT2D eigenvalue weighted by Crippen LogP contribution is 2.39. The van der Waals surface area contributed by atoms with E-state index in [0.717, 1.165) is 65.4 Å². The lowest BCUT2D eigenvalue weighted by Gasteiger charge is -2.38. The van der Waals surface area contributed by atoms with E-state index in [1.807, 2.05) is 62.4 Å². The number of nitrogens with one attached hydrogen (secondary N) is 2. The van der Waals surface area contributed by atoms with Crippen LogP contribution in [0.3, 0.4) is 0 Å². The summed E-state index contributed by atoms with van der Waals surface area (Å²) >= 11 is 0. The Morgan fingerprint density at radius 2 is 1.74 bits per heavy atom. The molecular weight excluding hydrogens is 474 g/mol. The Labute approximate surface area is 228 Å². The molecule has 0 spiro atoms. The van der Waals surface area contributed by atoms with Gasteiger partial charge in [0, 0.05) is 30.6 Å². The summed E-state index contributed by atoms with van der Waals surface area (Å²) in [4.78, 5) is 11.6. The van der Waals surface area contributed by atoms with E-state index in [2.05, 4.69) is 30.5 Å². The quantitative estimate of drug-likeness (QED) is 0.357. The molecule has 6 heteroatoms. The van der Waals surface area contributed by atoms with Crippen LogP contribution in [0.2, 0.25) is 0 Å². The lowest BCUT2D eigenvalue weighted by Crippen LogP contribution is -2.40. The minimum absolute atomic E-state index is 0.0109. The third-order valence-corrected chi connectivity index (χ3v) is 7.08. The van der Waals surface area contributed by atoms with Crippen molar-refractivity contribution in [2.24, 2.45) is 11.7 Å². The molecule has 6 nitrogen and oxygen atoms in total. The number of phenolic OH excluding ortho intramolecular Hbond substituents is 1. The van der Waals surface area contributed by atoms with Gasteiger partial charge in [-0.1, -0.05) is 62.7 Å². The molecular formula is C32H45N3O3. The molecule has 1 fully saturated rings. The van der Waals surface area contributed by atoms with Gasteiger partial charge in [0.05, 0.1) is 12.2 Å². The summed E-state index contributed by atoms with van der Waals surface area (Å²) in [5.41, 5.74) is 9.65. The van der Waals surface area contributed by atoms with Crippen LogP contribution in [0.15, 0.2) is 54.6 Å². The van der Waals surface area contributed by atoms with Crippen LogP contribution in [0, 0.1) is 12.8 Å². The van der Waals surface area contributed by atoms with Crippen LogP contribution in [0.1, 0.15) is 73.2 Å². The number of aromatic hydroxyl groups is 1. The molecule has 0 radical (unpaired) electrons. The lowest BCUT2D eigenvalue weighted by molar-refractivity contribution is -0.0580. The number of benzene rings is 3. The Balaban J connectivity index is 0.000000198. The second kappa shape index (κ2) is 14.9. The number of carbonyl (C=O) groups is 1. The van der Waals surface area contributed by atoms with E-state index in [1.54, 1.807) is 0 Å². The van der Waals surface area contributed by atoms with E-state index < -0.39 is 0 Å². The van der Waals surface area contributed by atoms with Crippen LogP contribution in [-0.2, 0) is 11.2 Å². The molecule has 2 aliphatic rings.